The van der Waals surface area contributed by atoms with Crippen LogP contribution in [0.5, 0.6) is 0 Å². The monoisotopic (exact) mass is 534 g/mol. The van der Waals surface area contributed by atoms with E-state index in [0.717, 1.165) is 38.9 Å². The molecule has 0 saturated carbocycles. The summed E-state index contributed by atoms with van der Waals surface area (Å²) >= 11 is 0. The Kier molecular flexibility index (Phi) is 5.82. The number of rotatable bonds is 4. The molecule has 0 radical (unpaired) electrons. The molecule has 0 saturated heterocycles. The Balaban J connectivity index is 1.38. The molecule has 0 bridgehead atoms. The fourth-order valence-corrected chi connectivity index (χ4v) is 6.14. The number of para-hydroxylation sites is 1. The Labute approximate surface area is 244 Å². The van der Waals surface area contributed by atoms with Crippen LogP contribution in [-0.4, -0.2) is 9.97 Å². The zero-order chi connectivity index (χ0) is 27.9. The molecule has 7 aromatic carbocycles. The van der Waals surface area contributed by atoms with Crippen LogP contribution in [0.3, 0.4) is 0 Å². The second-order valence-electron chi connectivity index (χ2n) is 10.6. The van der Waals surface area contributed by atoms with Gasteiger partial charge in [-0.25, -0.2) is 9.97 Å². The third-order valence-electron chi connectivity index (χ3n) is 8.12. The third-order valence-corrected chi connectivity index (χ3v) is 8.12. The smallest absolute Gasteiger partial charge is 0.161 e. The molecular formula is C40H26N2. The highest BCUT2D eigenvalue weighted by molar-refractivity contribution is 6.09. The predicted molar refractivity (Wildman–Crippen MR) is 176 cm³/mol. The van der Waals surface area contributed by atoms with Gasteiger partial charge in [0.2, 0.25) is 0 Å². The standard InChI is InChI=1S/C40H26N2/c1-3-13-27(14-4-1)29-23-25-35(33-19-9-7-17-31(29)33)39-37-21-11-12-22-38(37)41-40(42-39)36-26-24-30(28-15-5-2-6-16-28)32-18-8-10-20-34(32)36/h1-26H. The molecule has 8 aromatic rings. The van der Waals surface area contributed by atoms with Crippen LogP contribution in [0, 0.1) is 0 Å². The summed E-state index contributed by atoms with van der Waals surface area (Å²) in [5, 5.41) is 5.77. The van der Waals surface area contributed by atoms with Gasteiger partial charge in [0.15, 0.2) is 5.82 Å². The lowest BCUT2D eigenvalue weighted by molar-refractivity contribution is 1.24. The molecule has 2 heteroatoms. The first kappa shape index (κ1) is 24.2. The summed E-state index contributed by atoms with van der Waals surface area (Å²) in [7, 11) is 0. The van der Waals surface area contributed by atoms with Crippen molar-refractivity contribution in [2.45, 2.75) is 0 Å². The Morgan fingerprint density at radius 1 is 0.286 bits per heavy atom. The van der Waals surface area contributed by atoms with Gasteiger partial charge >= 0.3 is 0 Å². The molecule has 0 unspecified atom stereocenters. The molecule has 8 rings (SSSR count). The molecule has 42 heavy (non-hydrogen) atoms. The van der Waals surface area contributed by atoms with Crippen LogP contribution in [0.4, 0.5) is 0 Å². The number of fused-ring (bicyclic) bond motifs is 3. The number of hydrogen-bond acceptors (Lipinski definition) is 2. The average Bonchev–Trinajstić information content (AvgIpc) is 3.07. The Hall–Kier alpha value is -5.60. The van der Waals surface area contributed by atoms with Gasteiger partial charge in [-0.05, 0) is 55.9 Å². The van der Waals surface area contributed by atoms with Crippen LogP contribution in [-0.2, 0) is 0 Å². The minimum Gasteiger partial charge on any atom is -0.228 e. The van der Waals surface area contributed by atoms with Crippen molar-refractivity contribution < 1.29 is 0 Å². The quantitative estimate of drug-likeness (QED) is 0.224. The fourth-order valence-electron chi connectivity index (χ4n) is 6.14. The van der Waals surface area contributed by atoms with E-state index in [1.165, 1.54) is 38.4 Å². The zero-order valence-electron chi connectivity index (χ0n) is 22.9. The minimum absolute atomic E-state index is 0.732. The van der Waals surface area contributed by atoms with Gasteiger partial charge in [0.1, 0.15) is 0 Å². The lowest BCUT2D eigenvalue weighted by Crippen LogP contribution is -1.97. The molecule has 0 fully saturated rings. The minimum atomic E-state index is 0.732. The molecule has 0 aliphatic carbocycles. The van der Waals surface area contributed by atoms with Gasteiger partial charge in [0, 0.05) is 16.5 Å². The highest BCUT2D eigenvalue weighted by Gasteiger charge is 2.17. The maximum Gasteiger partial charge on any atom is 0.161 e. The summed E-state index contributed by atoms with van der Waals surface area (Å²) in [5.41, 5.74) is 8.85. The number of nitrogens with zero attached hydrogens (tertiary/aromatic N) is 2. The van der Waals surface area contributed by atoms with Crippen molar-refractivity contribution >= 4 is 32.4 Å². The maximum atomic E-state index is 5.34. The molecule has 0 spiro atoms. The molecule has 0 atom stereocenters. The van der Waals surface area contributed by atoms with E-state index in [1.807, 2.05) is 0 Å². The predicted octanol–water partition coefficient (Wildman–Crippen LogP) is 10.6. The van der Waals surface area contributed by atoms with Gasteiger partial charge in [0.05, 0.1) is 11.2 Å². The summed E-state index contributed by atoms with van der Waals surface area (Å²) in [6, 6.07) is 55.5. The van der Waals surface area contributed by atoms with Gasteiger partial charge < -0.3 is 0 Å². The largest absolute Gasteiger partial charge is 0.228 e. The van der Waals surface area contributed by atoms with E-state index in [9.17, 15) is 0 Å². The van der Waals surface area contributed by atoms with Crippen molar-refractivity contribution in [2.24, 2.45) is 0 Å². The van der Waals surface area contributed by atoms with Crippen LogP contribution in [0.1, 0.15) is 0 Å². The Morgan fingerprint density at radius 3 is 1.26 bits per heavy atom. The normalized spacial score (nSPS) is 11.3. The van der Waals surface area contributed by atoms with E-state index in [4.69, 9.17) is 9.97 Å². The van der Waals surface area contributed by atoms with Gasteiger partial charge in [-0.1, -0.05) is 146 Å². The SMILES string of the molecule is c1ccc(-c2ccc(-c3nc(-c4ccc(-c5ccccc5)c5ccccc45)c4ccccc4n3)c3ccccc23)cc1. The van der Waals surface area contributed by atoms with Crippen molar-refractivity contribution in [3.05, 3.63) is 158 Å². The first-order valence-electron chi connectivity index (χ1n) is 14.3. The van der Waals surface area contributed by atoms with Crippen LogP contribution in [0.15, 0.2) is 158 Å². The van der Waals surface area contributed by atoms with Crippen molar-refractivity contribution in [1.82, 2.24) is 9.97 Å². The van der Waals surface area contributed by atoms with Crippen LogP contribution >= 0.6 is 0 Å². The molecule has 1 aromatic heterocycles. The van der Waals surface area contributed by atoms with E-state index in [0.29, 0.717) is 0 Å². The van der Waals surface area contributed by atoms with E-state index in [-0.39, 0.29) is 0 Å². The van der Waals surface area contributed by atoms with E-state index in [1.54, 1.807) is 0 Å². The molecule has 0 N–H and O–H groups in total. The van der Waals surface area contributed by atoms with Gasteiger partial charge in [-0.2, -0.15) is 0 Å². The second-order valence-corrected chi connectivity index (χ2v) is 10.6. The summed E-state index contributed by atoms with van der Waals surface area (Å²) in [5.74, 6) is 0.732. The second kappa shape index (κ2) is 10.1. The van der Waals surface area contributed by atoms with Crippen LogP contribution < -0.4 is 0 Å². The third kappa shape index (κ3) is 4.05. The fraction of sp³-hybridized carbons (Fsp3) is 0. The molecule has 2 nitrogen and oxygen atoms in total. The van der Waals surface area contributed by atoms with Crippen LogP contribution in [0.25, 0.3) is 77.3 Å². The Bertz CT molecular complexity index is 2240. The van der Waals surface area contributed by atoms with E-state index >= 15 is 0 Å². The highest BCUT2D eigenvalue weighted by Crippen LogP contribution is 2.40. The lowest BCUT2D eigenvalue weighted by atomic mass is 9.92. The maximum absolute atomic E-state index is 5.34. The number of hydrogen-bond donors (Lipinski definition) is 0. The lowest BCUT2D eigenvalue weighted by Gasteiger charge is -2.15. The number of benzene rings is 7. The van der Waals surface area contributed by atoms with E-state index < -0.39 is 0 Å². The first-order chi connectivity index (χ1) is 20.8. The Morgan fingerprint density at radius 2 is 0.690 bits per heavy atom. The molecule has 0 aliphatic rings. The number of aromatic nitrogens is 2. The summed E-state index contributed by atoms with van der Waals surface area (Å²) in [6.45, 7) is 0. The van der Waals surface area contributed by atoms with Gasteiger partial charge in [-0.15, -0.1) is 0 Å². The summed E-state index contributed by atoms with van der Waals surface area (Å²) in [6.07, 6.45) is 0. The molecule has 0 aliphatic heterocycles. The highest BCUT2D eigenvalue weighted by atomic mass is 14.9. The van der Waals surface area contributed by atoms with Crippen molar-refractivity contribution in [2.75, 3.05) is 0 Å². The molecular weight excluding hydrogens is 508 g/mol. The molecule has 0 amide bonds. The first-order valence-corrected chi connectivity index (χ1v) is 14.3. The van der Waals surface area contributed by atoms with Crippen LogP contribution in [0.2, 0.25) is 0 Å². The van der Waals surface area contributed by atoms with Crippen molar-refractivity contribution in [1.29, 1.82) is 0 Å². The van der Waals surface area contributed by atoms with Crippen molar-refractivity contribution in [3.63, 3.8) is 0 Å². The summed E-state index contributed by atoms with van der Waals surface area (Å²) < 4.78 is 0. The topological polar surface area (TPSA) is 25.8 Å². The van der Waals surface area contributed by atoms with Gasteiger partial charge in [-0.3, -0.25) is 0 Å². The van der Waals surface area contributed by atoms with Gasteiger partial charge in [0.25, 0.3) is 0 Å². The molecule has 1 heterocycles. The summed E-state index contributed by atoms with van der Waals surface area (Å²) in [4.78, 5) is 10.5. The zero-order valence-corrected chi connectivity index (χ0v) is 22.9. The van der Waals surface area contributed by atoms with E-state index in [2.05, 4.69) is 158 Å². The average molecular weight is 535 g/mol. The van der Waals surface area contributed by atoms with Crippen molar-refractivity contribution in [3.8, 4) is 44.9 Å². The molecule has 196 valence electrons.